The van der Waals surface area contributed by atoms with Gasteiger partial charge in [0.25, 0.3) is 17.2 Å². The van der Waals surface area contributed by atoms with Crippen LogP contribution in [0.4, 0.5) is 5.69 Å². The number of carbonyl (C=O) groups excluding carboxylic acids is 1. The van der Waals surface area contributed by atoms with E-state index in [1.807, 2.05) is 31.2 Å². The minimum absolute atomic E-state index is 0.0231. The van der Waals surface area contributed by atoms with Crippen LogP contribution >= 0.6 is 11.8 Å². The molecule has 10 heteroatoms. The Balaban J connectivity index is 1.47. The van der Waals surface area contributed by atoms with Crippen LogP contribution in [0.1, 0.15) is 11.1 Å². The van der Waals surface area contributed by atoms with Gasteiger partial charge in [-0.05, 0) is 49.4 Å². The number of nitro benzene ring substituents is 1. The molecule has 0 fully saturated rings. The van der Waals surface area contributed by atoms with Gasteiger partial charge in [-0.15, -0.1) is 0 Å². The lowest BCUT2D eigenvalue weighted by molar-refractivity contribution is -0.385. The molecule has 3 aromatic carbocycles. The Morgan fingerprint density at radius 2 is 1.83 bits per heavy atom. The molecule has 0 bridgehead atoms. The maximum atomic E-state index is 13.2. The third kappa shape index (κ3) is 5.73. The fraction of sp³-hybridized carbons (Fsp3) is 0.0769. The van der Waals surface area contributed by atoms with Crippen molar-refractivity contribution in [1.82, 2.24) is 15.0 Å². The number of hydrogen-bond donors (Lipinski definition) is 1. The first-order chi connectivity index (χ1) is 17.4. The zero-order chi connectivity index (χ0) is 25.5. The number of aromatic nitrogens is 2. The van der Waals surface area contributed by atoms with E-state index in [0.717, 1.165) is 17.3 Å². The van der Waals surface area contributed by atoms with E-state index in [2.05, 4.69) is 15.5 Å². The average molecular weight is 500 g/mol. The van der Waals surface area contributed by atoms with Gasteiger partial charge in [0.05, 0.1) is 32.8 Å². The van der Waals surface area contributed by atoms with Gasteiger partial charge in [0.2, 0.25) is 0 Å². The molecule has 4 rings (SSSR count). The molecule has 0 atom stereocenters. The minimum atomic E-state index is -0.465. The fourth-order valence-corrected chi connectivity index (χ4v) is 4.19. The summed E-state index contributed by atoms with van der Waals surface area (Å²) < 4.78 is 1.50. The van der Waals surface area contributed by atoms with Crippen molar-refractivity contribution in [2.24, 2.45) is 5.10 Å². The zero-order valence-electron chi connectivity index (χ0n) is 19.2. The van der Waals surface area contributed by atoms with Crippen molar-refractivity contribution in [3.63, 3.8) is 0 Å². The van der Waals surface area contributed by atoms with E-state index in [9.17, 15) is 19.7 Å². The number of nitro groups is 1. The Kier molecular flexibility index (Phi) is 7.66. The van der Waals surface area contributed by atoms with Crippen LogP contribution in [0.2, 0.25) is 0 Å². The Morgan fingerprint density at radius 1 is 1.11 bits per heavy atom. The van der Waals surface area contributed by atoms with E-state index in [4.69, 9.17) is 0 Å². The Labute approximate surface area is 210 Å². The Bertz CT molecular complexity index is 1540. The lowest BCUT2D eigenvalue weighted by atomic mass is 10.2. The summed E-state index contributed by atoms with van der Waals surface area (Å²) in [6.45, 7) is 1.96. The number of nitrogens with zero attached hydrogens (tertiary/aromatic N) is 4. The summed E-state index contributed by atoms with van der Waals surface area (Å²) in [5.41, 5.74) is 4.85. The summed E-state index contributed by atoms with van der Waals surface area (Å²) in [5, 5.41) is 15.8. The largest absolute Gasteiger partial charge is 0.276 e. The number of fused-ring (bicyclic) bond motifs is 1. The number of hydrogen-bond acceptors (Lipinski definition) is 7. The zero-order valence-corrected chi connectivity index (χ0v) is 20.0. The number of thioether (sulfide) groups is 1. The second-order valence-corrected chi connectivity index (χ2v) is 8.61. The van der Waals surface area contributed by atoms with Gasteiger partial charge in [-0.2, -0.15) is 5.10 Å². The van der Waals surface area contributed by atoms with Gasteiger partial charge in [0.15, 0.2) is 5.16 Å². The molecular weight excluding hydrogens is 478 g/mol. The van der Waals surface area contributed by atoms with Crippen LogP contribution in [0, 0.1) is 17.0 Å². The summed E-state index contributed by atoms with van der Waals surface area (Å²) in [7, 11) is 0. The third-order valence-corrected chi connectivity index (χ3v) is 6.07. The molecule has 36 heavy (non-hydrogen) atoms. The van der Waals surface area contributed by atoms with Gasteiger partial charge < -0.3 is 0 Å². The summed E-state index contributed by atoms with van der Waals surface area (Å²) in [4.78, 5) is 40.8. The molecule has 0 aliphatic carbocycles. The quantitative estimate of drug-likeness (QED) is 0.125. The number of para-hydroxylation sites is 2. The first kappa shape index (κ1) is 24.6. The highest BCUT2D eigenvalue weighted by atomic mass is 32.2. The molecule has 1 heterocycles. The van der Waals surface area contributed by atoms with Crippen molar-refractivity contribution in [3.05, 3.63) is 110 Å². The van der Waals surface area contributed by atoms with Crippen LogP contribution in [0.25, 0.3) is 22.7 Å². The molecule has 4 aromatic rings. The van der Waals surface area contributed by atoms with Crippen LogP contribution in [-0.4, -0.2) is 32.3 Å². The standard InChI is InChI=1S/C26H21N5O4S/c1-18-12-14-20(15-13-18)30-25(33)21-9-3-4-10-22(21)28-26(30)36-17-24(32)29-27-16-6-8-19-7-2-5-11-23(19)31(34)35/h2-16H,17H2,1H3,(H,29,32)/b8-6+,27-16+. The number of allylic oxidation sites excluding steroid dienone is 1. The second kappa shape index (κ2) is 11.2. The number of aryl methyl sites for hydroxylation is 1. The van der Waals surface area contributed by atoms with Crippen molar-refractivity contribution >= 4 is 46.5 Å². The number of carbonyl (C=O) groups is 1. The molecule has 0 saturated carbocycles. The smallest absolute Gasteiger partial charge is 0.272 e. The van der Waals surface area contributed by atoms with E-state index in [1.54, 1.807) is 42.5 Å². The summed E-state index contributed by atoms with van der Waals surface area (Å²) >= 11 is 1.12. The average Bonchev–Trinajstić information content (AvgIpc) is 2.88. The number of nitrogens with one attached hydrogen (secondary N) is 1. The molecule has 0 saturated heterocycles. The number of benzene rings is 3. The lowest BCUT2D eigenvalue weighted by Crippen LogP contribution is -2.24. The SMILES string of the molecule is Cc1ccc(-n2c(SCC(=O)N/N=C/C=C/c3ccccc3[N+](=O)[O-])nc3ccccc3c2=O)cc1. The number of hydrazone groups is 1. The van der Waals surface area contributed by atoms with Crippen molar-refractivity contribution in [1.29, 1.82) is 0 Å². The molecule has 180 valence electrons. The maximum Gasteiger partial charge on any atom is 0.276 e. The summed E-state index contributed by atoms with van der Waals surface area (Å²) in [6.07, 6.45) is 4.35. The van der Waals surface area contributed by atoms with Gasteiger partial charge in [-0.1, -0.05) is 53.7 Å². The fourth-order valence-electron chi connectivity index (χ4n) is 3.39. The predicted octanol–water partition coefficient (Wildman–Crippen LogP) is 4.51. The summed E-state index contributed by atoms with van der Waals surface area (Å²) in [6, 6.07) is 20.9. The van der Waals surface area contributed by atoms with E-state index in [0.29, 0.717) is 27.3 Å². The number of rotatable bonds is 8. The van der Waals surface area contributed by atoms with Crippen LogP contribution < -0.4 is 11.0 Å². The Hall–Kier alpha value is -4.57. The highest BCUT2D eigenvalue weighted by Crippen LogP contribution is 2.22. The van der Waals surface area contributed by atoms with E-state index in [-0.39, 0.29) is 17.0 Å². The van der Waals surface area contributed by atoms with Crippen molar-refractivity contribution < 1.29 is 9.72 Å². The van der Waals surface area contributed by atoms with E-state index >= 15 is 0 Å². The predicted molar refractivity (Wildman–Crippen MR) is 142 cm³/mol. The molecule has 1 aromatic heterocycles. The van der Waals surface area contributed by atoms with Crippen LogP contribution in [0.3, 0.4) is 0 Å². The minimum Gasteiger partial charge on any atom is -0.272 e. The normalized spacial score (nSPS) is 11.4. The highest BCUT2D eigenvalue weighted by Gasteiger charge is 2.14. The van der Waals surface area contributed by atoms with Gasteiger partial charge >= 0.3 is 0 Å². The first-order valence-electron chi connectivity index (χ1n) is 10.9. The molecule has 1 amide bonds. The molecule has 0 aliphatic heterocycles. The molecule has 9 nitrogen and oxygen atoms in total. The Morgan fingerprint density at radius 3 is 2.61 bits per heavy atom. The highest BCUT2D eigenvalue weighted by molar-refractivity contribution is 7.99. The molecule has 0 unspecified atom stereocenters. The van der Waals surface area contributed by atoms with Gasteiger partial charge in [-0.3, -0.25) is 24.3 Å². The molecule has 0 radical (unpaired) electrons. The molecular formula is C26H21N5O4S. The van der Waals surface area contributed by atoms with Crippen molar-refractivity contribution in [2.75, 3.05) is 5.75 Å². The van der Waals surface area contributed by atoms with Crippen LogP contribution in [0.15, 0.2) is 93.9 Å². The maximum absolute atomic E-state index is 13.2. The summed E-state index contributed by atoms with van der Waals surface area (Å²) in [5.74, 6) is -0.421. The topological polar surface area (TPSA) is 119 Å². The molecule has 0 aliphatic rings. The van der Waals surface area contributed by atoms with Crippen molar-refractivity contribution in [3.8, 4) is 5.69 Å². The third-order valence-electron chi connectivity index (χ3n) is 5.13. The lowest BCUT2D eigenvalue weighted by Gasteiger charge is -2.13. The molecule has 0 spiro atoms. The van der Waals surface area contributed by atoms with Crippen LogP contribution in [0.5, 0.6) is 0 Å². The van der Waals surface area contributed by atoms with Crippen LogP contribution in [-0.2, 0) is 4.79 Å². The van der Waals surface area contributed by atoms with Gasteiger partial charge in [0, 0.05) is 12.3 Å². The first-order valence-corrected chi connectivity index (χ1v) is 11.9. The molecule has 1 N–H and O–H groups in total. The monoisotopic (exact) mass is 499 g/mol. The van der Waals surface area contributed by atoms with Gasteiger partial charge in [0.1, 0.15) is 0 Å². The van der Waals surface area contributed by atoms with E-state index in [1.165, 1.54) is 29.0 Å². The number of amides is 1. The van der Waals surface area contributed by atoms with Crippen molar-refractivity contribution in [2.45, 2.75) is 12.1 Å². The van der Waals surface area contributed by atoms with E-state index < -0.39 is 10.8 Å². The second-order valence-electron chi connectivity index (χ2n) is 7.66. The van der Waals surface area contributed by atoms with Gasteiger partial charge in [-0.25, -0.2) is 10.4 Å².